The summed E-state index contributed by atoms with van der Waals surface area (Å²) in [5, 5.41) is 11.0. The predicted octanol–water partition coefficient (Wildman–Crippen LogP) is 5.02. The molecule has 5 nitrogen and oxygen atoms in total. The normalized spacial score (nSPS) is 17.0. The van der Waals surface area contributed by atoms with E-state index in [9.17, 15) is 0 Å². The molecule has 0 radical (unpaired) electrons. The molecule has 1 fully saturated rings. The minimum atomic E-state index is 0.692. The molecule has 0 spiro atoms. The molecule has 0 bridgehead atoms. The lowest BCUT2D eigenvalue weighted by molar-refractivity contribution is -0.912. The Bertz CT molecular complexity index is 660. The van der Waals surface area contributed by atoms with Crippen molar-refractivity contribution >= 4 is 27.8 Å². The van der Waals surface area contributed by atoms with Gasteiger partial charge >= 0.3 is 0 Å². The van der Waals surface area contributed by atoms with Crippen molar-refractivity contribution in [3.05, 3.63) is 35.8 Å². The number of anilines is 1. The number of likely N-dealkylation sites (tertiary alicyclic amines) is 1. The summed E-state index contributed by atoms with van der Waals surface area (Å²) in [6, 6.07) is 8.37. The van der Waals surface area contributed by atoms with Gasteiger partial charge in [-0.15, -0.1) is 21.6 Å². The maximum absolute atomic E-state index is 4.26. The summed E-state index contributed by atoms with van der Waals surface area (Å²) in [5.74, 6) is 0. The van der Waals surface area contributed by atoms with E-state index in [-0.39, 0.29) is 0 Å². The van der Waals surface area contributed by atoms with Gasteiger partial charge in [0, 0.05) is 23.8 Å². The van der Waals surface area contributed by atoms with E-state index in [1.807, 2.05) is 17.5 Å². The number of aromatic nitrogens is 1. The number of likely N-dealkylation sites (N-methyl/N-ethyl adjacent to an activating group) is 2. The third kappa shape index (κ3) is 5.09. The largest absolute Gasteiger partial charge is 0.366 e. The molecule has 0 aliphatic carbocycles. The average molecular weight is 359 g/mol. The van der Waals surface area contributed by atoms with E-state index in [1.54, 1.807) is 6.20 Å². The van der Waals surface area contributed by atoms with Gasteiger partial charge in [-0.25, -0.2) is 4.98 Å². The van der Waals surface area contributed by atoms with Crippen LogP contribution in [0.5, 0.6) is 0 Å². The quantitative estimate of drug-likeness (QED) is 0.515. The lowest BCUT2D eigenvalue weighted by Gasteiger charge is -2.39. The fourth-order valence-electron chi connectivity index (χ4n) is 3.43. The van der Waals surface area contributed by atoms with Crippen molar-refractivity contribution in [2.24, 2.45) is 10.2 Å². The number of hydrogen-bond donors (Lipinski definition) is 0. The van der Waals surface area contributed by atoms with Crippen molar-refractivity contribution in [1.29, 1.82) is 0 Å². The Morgan fingerprint density at radius 2 is 1.88 bits per heavy atom. The zero-order valence-electron chi connectivity index (χ0n) is 15.3. The van der Waals surface area contributed by atoms with Gasteiger partial charge in [0.05, 0.1) is 38.9 Å². The van der Waals surface area contributed by atoms with Crippen molar-refractivity contribution in [2.75, 3.05) is 44.7 Å². The molecule has 0 amide bonds. The van der Waals surface area contributed by atoms with Gasteiger partial charge in [0.15, 0.2) is 0 Å². The number of rotatable bonds is 7. The highest BCUT2D eigenvalue weighted by molar-refractivity contribution is 7.13. The van der Waals surface area contributed by atoms with Crippen molar-refractivity contribution in [2.45, 2.75) is 26.2 Å². The highest BCUT2D eigenvalue weighted by atomic mass is 32.1. The number of piperidine rings is 1. The van der Waals surface area contributed by atoms with Crippen LogP contribution in [-0.4, -0.2) is 49.2 Å². The number of benzene rings is 1. The van der Waals surface area contributed by atoms with E-state index in [1.165, 1.54) is 60.4 Å². The minimum Gasteiger partial charge on any atom is -0.366 e. The van der Waals surface area contributed by atoms with E-state index < -0.39 is 0 Å². The van der Waals surface area contributed by atoms with Gasteiger partial charge in [-0.3, -0.25) is 0 Å². The molecule has 2 aromatic rings. The van der Waals surface area contributed by atoms with Crippen molar-refractivity contribution in [3.63, 3.8) is 0 Å². The third-order valence-electron chi connectivity index (χ3n) is 5.07. The van der Waals surface area contributed by atoms with Gasteiger partial charge in [0.25, 0.3) is 0 Å². The molecule has 1 aliphatic heterocycles. The Morgan fingerprint density at radius 1 is 1.12 bits per heavy atom. The maximum Gasteiger partial charge on any atom is 0.229 e. The second-order valence-corrected chi connectivity index (χ2v) is 7.83. The summed E-state index contributed by atoms with van der Waals surface area (Å²) in [7, 11) is 2.41. The molecule has 0 saturated carbocycles. The molecule has 1 saturated heterocycles. The monoisotopic (exact) mass is 358 g/mol. The van der Waals surface area contributed by atoms with Crippen molar-refractivity contribution in [1.82, 2.24) is 4.98 Å². The highest BCUT2D eigenvalue weighted by Gasteiger charge is 2.25. The van der Waals surface area contributed by atoms with Crippen LogP contribution in [0.3, 0.4) is 0 Å². The van der Waals surface area contributed by atoms with Crippen LogP contribution in [0.15, 0.2) is 46.1 Å². The summed E-state index contributed by atoms with van der Waals surface area (Å²) < 4.78 is 1.22. The molecular formula is C19H28N5S+. The van der Waals surface area contributed by atoms with E-state index in [4.69, 9.17) is 0 Å². The van der Waals surface area contributed by atoms with Crippen molar-refractivity contribution < 1.29 is 4.48 Å². The molecule has 25 heavy (non-hydrogen) atoms. The summed E-state index contributed by atoms with van der Waals surface area (Å²) in [4.78, 5) is 6.57. The molecule has 1 aromatic heterocycles. The summed E-state index contributed by atoms with van der Waals surface area (Å²) in [5.41, 5.74) is 2.13. The fourth-order valence-corrected chi connectivity index (χ4v) is 3.88. The molecular weight excluding hydrogens is 330 g/mol. The fraction of sp³-hybridized carbons (Fsp3) is 0.526. The average Bonchev–Trinajstić information content (AvgIpc) is 3.16. The standard InChI is InChI=1S/C19H28N5S/c1-3-23(12-15-24(2)13-5-4-6-14-24)18-9-7-17(8-10-18)21-22-19-20-11-16-25-19/h7-11,16H,3-6,12-15H2,1-2H3/q+1/b22-21+. The molecule has 0 unspecified atom stereocenters. The Labute approximate surface area is 154 Å². The first kappa shape index (κ1) is 18.0. The molecule has 134 valence electrons. The van der Waals surface area contributed by atoms with Gasteiger partial charge < -0.3 is 9.38 Å². The predicted molar refractivity (Wildman–Crippen MR) is 105 cm³/mol. The molecule has 0 N–H and O–H groups in total. The van der Waals surface area contributed by atoms with Gasteiger partial charge in [-0.05, 0) is 50.5 Å². The van der Waals surface area contributed by atoms with Crippen molar-refractivity contribution in [3.8, 4) is 0 Å². The lowest BCUT2D eigenvalue weighted by atomic mass is 10.1. The van der Waals surface area contributed by atoms with Crippen LogP contribution in [0, 0.1) is 0 Å². The molecule has 0 atom stereocenters. The molecule has 3 rings (SSSR count). The number of hydrogen-bond acceptors (Lipinski definition) is 5. The van der Waals surface area contributed by atoms with Crippen LogP contribution in [0.1, 0.15) is 26.2 Å². The topological polar surface area (TPSA) is 40.9 Å². The van der Waals surface area contributed by atoms with Gasteiger partial charge in [-0.1, -0.05) is 0 Å². The summed E-state index contributed by atoms with van der Waals surface area (Å²) in [6.07, 6.45) is 5.90. The van der Waals surface area contributed by atoms with Crippen LogP contribution >= 0.6 is 11.3 Å². The summed E-state index contributed by atoms with van der Waals surface area (Å²) >= 11 is 1.49. The van der Waals surface area contributed by atoms with Crippen LogP contribution in [0.25, 0.3) is 0 Å². The Kier molecular flexibility index (Phi) is 6.15. The Hall–Kier alpha value is -1.79. The van der Waals surface area contributed by atoms with Gasteiger partial charge in [-0.2, -0.15) is 0 Å². The number of thiazole rings is 1. The number of quaternary nitrogens is 1. The van der Waals surface area contributed by atoms with Crippen LogP contribution in [-0.2, 0) is 0 Å². The van der Waals surface area contributed by atoms with Crippen LogP contribution < -0.4 is 4.90 Å². The molecule has 1 aromatic carbocycles. The van der Waals surface area contributed by atoms with Gasteiger partial charge in [0.1, 0.15) is 0 Å². The third-order valence-corrected chi connectivity index (χ3v) is 5.73. The Balaban J connectivity index is 1.59. The number of nitrogens with zero attached hydrogens (tertiary/aromatic N) is 5. The first-order valence-electron chi connectivity index (χ1n) is 9.18. The first-order chi connectivity index (χ1) is 12.2. The maximum atomic E-state index is 4.26. The lowest BCUT2D eigenvalue weighted by Crippen LogP contribution is -2.51. The second kappa shape index (κ2) is 8.54. The second-order valence-electron chi connectivity index (χ2n) is 6.96. The molecule has 1 aliphatic rings. The van der Waals surface area contributed by atoms with Crippen LogP contribution in [0.2, 0.25) is 0 Å². The molecule has 2 heterocycles. The first-order valence-corrected chi connectivity index (χ1v) is 10.1. The van der Waals surface area contributed by atoms with Gasteiger partial charge in [0.2, 0.25) is 5.13 Å². The zero-order chi connectivity index (χ0) is 17.5. The highest BCUT2D eigenvalue weighted by Crippen LogP contribution is 2.24. The smallest absolute Gasteiger partial charge is 0.229 e. The summed E-state index contributed by atoms with van der Waals surface area (Å²) in [6.45, 7) is 8.24. The van der Waals surface area contributed by atoms with E-state index in [0.29, 0.717) is 5.13 Å². The van der Waals surface area contributed by atoms with E-state index in [2.05, 4.69) is 46.2 Å². The SMILES string of the molecule is CCN(CC[N+]1(C)CCCCC1)c1ccc(/N=N/c2nccs2)cc1. The zero-order valence-corrected chi connectivity index (χ0v) is 16.1. The van der Waals surface area contributed by atoms with E-state index >= 15 is 0 Å². The van der Waals surface area contributed by atoms with Crippen LogP contribution in [0.4, 0.5) is 16.5 Å². The minimum absolute atomic E-state index is 0.692. The molecule has 6 heteroatoms. The number of azo groups is 1. The van der Waals surface area contributed by atoms with E-state index in [0.717, 1.165) is 18.8 Å². The Morgan fingerprint density at radius 3 is 2.52 bits per heavy atom.